The lowest BCUT2D eigenvalue weighted by Gasteiger charge is -2.31. The fourth-order valence-corrected chi connectivity index (χ4v) is 2.21. The molecule has 4 nitrogen and oxygen atoms in total. The summed E-state index contributed by atoms with van der Waals surface area (Å²) >= 11 is 0. The summed E-state index contributed by atoms with van der Waals surface area (Å²) in [6.45, 7) is 8.78. The normalized spacial score (nSPS) is 11.5. The Morgan fingerprint density at radius 3 is 2.52 bits per heavy atom. The lowest BCUT2D eigenvalue weighted by atomic mass is 9.93. The molecule has 0 aliphatic heterocycles. The number of ether oxygens (including phenoxy) is 1. The summed E-state index contributed by atoms with van der Waals surface area (Å²) in [6.07, 6.45) is 1.63. The van der Waals surface area contributed by atoms with Crippen molar-refractivity contribution in [1.82, 2.24) is 5.32 Å². The Morgan fingerprint density at radius 1 is 1.33 bits per heavy atom. The minimum Gasteiger partial charge on any atom is -0.484 e. The summed E-state index contributed by atoms with van der Waals surface area (Å²) in [5.74, 6) is 1.04. The van der Waals surface area contributed by atoms with Crippen LogP contribution < -0.4 is 15.8 Å². The molecule has 0 fully saturated rings. The van der Waals surface area contributed by atoms with E-state index < -0.39 is 0 Å². The van der Waals surface area contributed by atoms with Crippen molar-refractivity contribution in [2.75, 3.05) is 13.2 Å². The van der Waals surface area contributed by atoms with E-state index in [1.54, 1.807) is 0 Å². The van der Waals surface area contributed by atoms with Crippen molar-refractivity contribution in [2.45, 2.75) is 52.0 Å². The predicted octanol–water partition coefficient (Wildman–Crippen LogP) is 2.82. The lowest BCUT2D eigenvalue weighted by Crippen LogP contribution is -2.54. The van der Waals surface area contributed by atoms with Crippen molar-refractivity contribution < 1.29 is 9.53 Å². The van der Waals surface area contributed by atoms with Gasteiger partial charge in [0.05, 0.1) is 5.54 Å². The van der Waals surface area contributed by atoms with Gasteiger partial charge in [-0.3, -0.25) is 4.79 Å². The zero-order valence-electron chi connectivity index (χ0n) is 13.6. The van der Waals surface area contributed by atoms with Crippen LogP contribution in [0.25, 0.3) is 0 Å². The molecule has 0 heterocycles. The highest BCUT2D eigenvalue weighted by atomic mass is 16.5. The Morgan fingerprint density at radius 2 is 2.00 bits per heavy atom. The number of rotatable bonds is 8. The second-order valence-electron chi connectivity index (χ2n) is 5.76. The molecule has 4 heteroatoms. The van der Waals surface area contributed by atoms with Gasteiger partial charge in [-0.25, -0.2) is 0 Å². The van der Waals surface area contributed by atoms with Crippen LogP contribution >= 0.6 is 0 Å². The molecule has 118 valence electrons. The number of hydrogen-bond acceptors (Lipinski definition) is 3. The van der Waals surface area contributed by atoms with E-state index in [2.05, 4.69) is 25.2 Å². The van der Waals surface area contributed by atoms with E-state index in [9.17, 15) is 4.79 Å². The fourth-order valence-electron chi connectivity index (χ4n) is 2.21. The number of carbonyl (C=O) groups excluding carboxylic acids is 1. The molecule has 0 atom stereocenters. The highest BCUT2D eigenvalue weighted by molar-refractivity contribution is 5.78. The third-order valence-electron chi connectivity index (χ3n) is 4.04. The fraction of sp³-hybridized carbons (Fsp3) is 0.588. The average molecular weight is 292 g/mol. The molecule has 1 aromatic carbocycles. The van der Waals surface area contributed by atoms with E-state index in [1.807, 2.05) is 32.0 Å². The summed E-state index contributed by atoms with van der Waals surface area (Å²) in [5, 5.41) is 3.00. The Bertz CT molecular complexity index is 446. The average Bonchev–Trinajstić information content (AvgIpc) is 2.51. The molecule has 1 amide bonds. The maximum Gasteiger partial charge on any atom is 0.258 e. The van der Waals surface area contributed by atoms with Gasteiger partial charge in [-0.2, -0.15) is 0 Å². The summed E-state index contributed by atoms with van der Waals surface area (Å²) in [7, 11) is 0. The van der Waals surface area contributed by atoms with Gasteiger partial charge in [0, 0.05) is 6.54 Å². The van der Waals surface area contributed by atoms with Gasteiger partial charge >= 0.3 is 0 Å². The number of hydrogen-bond donors (Lipinski definition) is 2. The van der Waals surface area contributed by atoms with E-state index >= 15 is 0 Å². The van der Waals surface area contributed by atoms with E-state index in [-0.39, 0.29) is 18.1 Å². The van der Waals surface area contributed by atoms with E-state index in [1.165, 1.54) is 5.56 Å². The highest BCUT2D eigenvalue weighted by Crippen LogP contribution is 2.20. The minimum atomic E-state index is -0.319. The maximum atomic E-state index is 12.0. The monoisotopic (exact) mass is 292 g/mol. The molecule has 0 bridgehead atoms. The predicted molar refractivity (Wildman–Crippen MR) is 86.5 cm³/mol. The highest BCUT2D eigenvalue weighted by Gasteiger charge is 2.26. The zero-order valence-corrected chi connectivity index (χ0v) is 13.6. The maximum absolute atomic E-state index is 12.0. The van der Waals surface area contributed by atoms with Crippen LogP contribution in [0.4, 0.5) is 0 Å². The summed E-state index contributed by atoms with van der Waals surface area (Å²) in [4.78, 5) is 12.0. The molecule has 0 saturated heterocycles. The first-order valence-electron chi connectivity index (χ1n) is 7.70. The second-order valence-corrected chi connectivity index (χ2v) is 5.76. The van der Waals surface area contributed by atoms with Gasteiger partial charge in [-0.1, -0.05) is 39.8 Å². The molecule has 0 aliphatic rings. The van der Waals surface area contributed by atoms with Crippen molar-refractivity contribution in [3.8, 4) is 5.75 Å². The smallest absolute Gasteiger partial charge is 0.258 e. The quantitative estimate of drug-likeness (QED) is 0.774. The number of nitrogens with one attached hydrogen (secondary N) is 1. The van der Waals surface area contributed by atoms with Gasteiger partial charge in [-0.15, -0.1) is 0 Å². The molecule has 0 aromatic heterocycles. The summed E-state index contributed by atoms with van der Waals surface area (Å²) in [5.41, 5.74) is 6.66. The van der Waals surface area contributed by atoms with Crippen LogP contribution in [-0.2, 0) is 4.79 Å². The van der Waals surface area contributed by atoms with E-state index in [0.29, 0.717) is 12.5 Å². The summed E-state index contributed by atoms with van der Waals surface area (Å²) < 4.78 is 5.59. The van der Waals surface area contributed by atoms with Crippen LogP contribution in [0.2, 0.25) is 0 Å². The Labute approximate surface area is 128 Å². The van der Waals surface area contributed by atoms with Crippen LogP contribution in [0.3, 0.4) is 0 Å². The van der Waals surface area contributed by atoms with Crippen LogP contribution in [-0.4, -0.2) is 24.6 Å². The number of carbonyl (C=O) groups is 1. The van der Waals surface area contributed by atoms with Gasteiger partial charge in [-0.05, 0) is 36.5 Å². The zero-order chi connectivity index (χ0) is 15.9. The summed E-state index contributed by atoms with van der Waals surface area (Å²) in [6, 6.07) is 7.86. The lowest BCUT2D eigenvalue weighted by molar-refractivity contribution is -0.125. The van der Waals surface area contributed by atoms with Crippen molar-refractivity contribution in [3.05, 3.63) is 29.8 Å². The Kier molecular flexibility index (Phi) is 6.69. The molecule has 3 N–H and O–H groups in total. The van der Waals surface area contributed by atoms with Crippen LogP contribution in [0, 0.1) is 0 Å². The van der Waals surface area contributed by atoms with Crippen molar-refractivity contribution >= 4 is 5.91 Å². The number of benzene rings is 1. The van der Waals surface area contributed by atoms with Crippen molar-refractivity contribution in [1.29, 1.82) is 0 Å². The second kappa shape index (κ2) is 8.03. The third-order valence-corrected chi connectivity index (χ3v) is 4.04. The molecule has 0 spiro atoms. The van der Waals surface area contributed by atoms with E-state index in [0.717, 1.165) is 18.6 Å². The molecular formula is C17H28N2O2. The van der Waals surface area contributed by atoms with Crippen molar-refractivity contribution in [2.24, 2.45) is 5.73 Å². The SMILES string of the molecule is CCC(CC)(CN)NC(=O)COc1cccc(C(C)C)c1. The van der Waals surface area contributed by atoms with Crippen LogP contribution in [0.1, 0.15) is 52.0 Å². The van der Waals surface area contributed by atoms with Gasteiger partial charge in [0.2, 0.25) is 0 Å². The molecule has 1 aromatic rings. The van der Waals surface area contributed by atoms with Gasteiger partial charge in [0.1, 0.15) is 5.75 Å². The number of nitrogens with two attached hydrogens (primary N) is 1. The Balaban J connectivity index is 2.59. The van der Waals surface area contributed by atoms with Gasteiger partial charge in [0.25, 0.3) is 5.91 Å². The van der Waals surface area contributed by atoms with Crippen LogP contribution in [0.15, 0.2) is 24.3 Å². The standard InChI is InChI=1S/C17H28N2O2/c1-5-17(6-2,12-18)19-16(20)11-21-15-9-7-8-14(10-15)13(3)4/h7-10,13H,5-6,11-12,18H2,1-4H3,(H,19,20). The van der Waals surface area contributed by atoms with Crippen molar-refractivity contribution in [3.63, 3.8) is 0 Å². The van der Waals surface area contributed by atoms with Gasteiger partial charge in [0.15, 0.2) is 6.61 Å². The first kappa shape index (κ1) is 17.5. The Hall–Kier alpha value is -1.55. The van der Waals surface area contributed by atoms with Gasteiger partial charge < -0.3 is 15.8 Å². The molecular weight excluding hydrogens is 264 g/mol. The number of amides is 1. The molecule has 0 aliphatic carbocycles. The largest absolute Gasteiger partial charge is 0.484 e. The van der Waals surface area contributed by atoms with Crippen LogP contribution in [0.5, 0.6) is 5.75 Å². The third kappa shape index (κ3) is 5.05. The molecule has 0 radical (unpaired) electrons. The minimum absolute atomic E-state index is 0.0172. The first-order valence-corrected chi connectivity index (χ1v) is 7.70. The molecule has 1 rings (SSSR count). The first-order chi connectivity index (χ1) is 9.96. The molecule has 0 saturated carbocycles. The topological polar surface area (TPSA) is 64.3 Å². The molecule has 21 heavy (non-hydrogen) atoms. The van der Waals surface area contributed by atoms with E-state index in [4.69, 9.17) is 10.5 Å². The molecule has 0 unspecified atom stereocenters.